The van der Waals surface area contributed by atoms with Crippen molar-refractivity contribution in [1.29, 1.82) is 0 Å². The third kappa shape index (κ3) is 6.18. The average molecular weight is 550 g/mol. The molecule has 0 bridgehead atoms. The number of hydrogen-bond acceptors (Lipinski definition) is 6. The Balaban J connectivity index is 1.62. The van der Waals surface area contributed by atoms with Crippen molar-refractivity contribution in [2.45, 2.75) is 43.5 Å². The monoisotopic (exact) mass is 549 g/mol. The van der Waals surface area contributed by atoms with Gasteiger partial charge in [-0.25, -0.2) is 18.5 Å². The molecule has 1 saturated heterocycles. The molecule has 204 valence electrons. The molecule has 1 fully saturated rings. The van der Waals surface area contributed by atoms with Crippen molar-refractivity contribution in [2.24, 2.45) is 5.14 Å². The molecular weight excluding hydrogens is 518 g/mol. The van der Waals surface area contributed by atoms with Crippen LogP contribution in [0.5, 0.6) is 5.75 Å². The maximum atomic E-state index is 13.7. The molecule has 1 heterocycles. The SMILES string of the molecule is COc1ccc(C(=O)N(CCc2ccc(S(N)(=O)=O)cc2)C2CC(=O)N(c3ccc(C(C)C)cc3)C2=O)cc1. The molecular formula is C29H31N3O6S. The zero-order valence-electron chi connectivity index (χ0n) is 22.0. The third-order valence-electron chi connectivity index (χ3n) is 6.81. The predicted octanol–water partition coefficient (Wildman–Crippen LogP) is 3.48. The molecule has 0 radical (unpaired) electrons. The first-order chi connectivity index (χ1) is 18.5. The molecule has 0 aliphatic carbocycles. The molecule has 3 aromatic carbocycles. The molecule has 39 heavy (non-hydrogen) atoms. The Labute approximate surface area is 228 Å². The normalized spacial score (nSPS) is 15.6. The lowest BCUT2D eigenvalue weighted by atomic mass is 10.0. The number of carbonyl (C=O) groups is 3. The molecule has 0 spiro atoms. The van der Waals surface area contributed by atoms with Gasteiger partial charge in [0.1, 0.15) is 11.8 Å². The number of primary sulfonamides is 1. The maximum absolute atomic E-state index is 13.7. The van der Waals surface area contributed by atoms with Gasteiger partial charge in [-0.1, -0.05) is 38.1 Å². The smallest absolute Gasteiger partial charge is 0.257 e. The van der Waals surface area contributed by atoms with Gasteiger partial charge in [0.05, 0.1) is 24.1 Å². The highest BCUT2D eigenvalue weighted by Gasteiger charge is 2.44. The Hall–Kier alpha value is -4.02. The molecule has 10 heteroatoms. The second kappa shape index (κ2) is 11.4. The predicted molar refractivity (Wildman–Crippen MR) is 147 cm³/mol. The molecule has 1 atom stereocenters. The number of sulfonamides is 1. The number of ether oxygens (including phenoxy) is 1. The van der Waals surface area contributed by atoms with E-state index >= 15 is 0 Å². The Bertz CT molecular complexity index is 1470. The number of amides is 3. The van der Waals surface area contributed by atoms with Gasteiger partial charge in [0.15, 0.2) is 0 Å². The van der Waals surface area contributed by atoms with Gasteiger partial charge in [-0.3, -0.25) is 14.4 Å². The van der Waals surface area contributed by atoms with E-state index in [0.29, 0.717) is 29.3 Å². The van der Waals surface area contributed by atoms with E-state index in [4.69, 9.17) is 9.88 Å². The van der Waals surface area contributed by atoms with Crippen molar-refractivity contribution >= 4 is 33.4 Å². The Morgan fingerprint density at radius 1 is 1.00 bits per heavy atom. The number of nitrogens with zero attached hydrogens (tertiary/aromatic N) is 2. The minimum Gasteiger partial charge on any atom is -0.497 e. The minimum atomic E-state index is -3.84. The van der Waals surface area contributed by atoms with Gasteiger partial charge >= 0.3 is 0 Å². The molecule has 1 aliphatic rings. The Morgan fingerprint density at radius 2 is 1.62 bits per heavy atom. The molecule has 3 aromatic rings. The van der Waals surface area contributed by atoms with Gasteiger partial charge in [-0.2, -0.15) is 0 Å². The molecule has 0 saturated carbocycles. The zero-order chi connectivity index (χ0) is 28.3. The van der Waals surface area contributed by atoms with Crippen LogP contribution in [0.25, 0.3) is 0 Å². The zero-order valence-corrected chi connectivity index (χ0v) is 22.9. The van der Waals surface area contributed by atoms with E-state index in [9.17, 15) is 22.8 Å². The number of carbonyl (C=O) groups excluding carboxylic acids is 3. The van der Waals surface area contributed by atoms with Crippen molar-refractivity contribution in [3.63, 3.8) is 0 Å². The first-order valence-corrected chi connectivity index (χ1v) is 14.1. The van der Waals surface area contributed by atoms with Crippen LogP contribution in [0, 0.1) is 0 Å². The van der Waals surface area contributed by atoms with E-state index in [2.05, 4.69) is 13.8 Å². The summed E-state index contributed by atoms with van der Waals surface area (Å²) in [5, 5.41) is 5.19. The summed E-state index contributed by atoms with van der Waals surface area (Å²) in [6.07, 6.45) is 0.185. The van der Waals surface area contributed by atoms with Crippen molar-refractivity contribution in [2.75, 3.05) is 18.6 Å². The van der Waals surface area contributed by atoms with Crippen molar-refractivity contribution in [3.8, 4) is 5.75 Å². The first-order valence-electron chi connectivity index (χ1n) is 12.5. The Kier molecular flexibility index (Phi) is 8.17. The van der Waals surface area contributed by atoms with E-state index in [1.165, 1.54) is 24.1 Å². The fourth-order valence-corrected chi connectivity index (χ4v) is 5.05. The number of hydrogen-bond donors (Lipinski definition) is 1. The summed E-state index contributed by atoms with van der Waals surface area (Å²) < 4.78 is 28.4. The lowest BCUT2D eigenvalue weighted by Crippen LogP contribution is -2.46. The molecule has 2 N–H and O–H groups in total. The second-order valence-corrected chi connectivity index (χ2v) is 11.3. The number of imide groups is 1. The van der Waals surface area contributed by atoms with Gasteiger partial charge in [0, 0.05) is 12.1 Å². The van der Waals surface area contributed by atoms with Crippen molar-refractivity contribution < 1.29 is 27.5 Å². The summed E-state index contributed by atoms with van der Waals surface area (Å²) in [6.45, 7) is 4.24. The van der Waals surface area contributed by atoms with Gasteiger partial charge in [0.25, 0.3) is 11.8 Å². The number of nitrogens with two attached hydrogens (primary N) is 1. The summed E-state index contributed by atoms with van der Waals surface area (Å²) in [6, 6.07) is 18.8. The van der Waals surface area contributed by atoms with Crippen LogP contribution in [-0.4, -0.2) is 50.7 Å². The lowest BCUT2D eigenvalue weighted by molar-refractivity contribution is -0.122. The fourth-order valence-electron chi connectivity index (χ4n) is 4.53. The van der Waals surface area contributed by atoms with E-state index in [1.807, 2.05) is 12.1 Å². The van der Waals surface area contributed by atoms with Crippen LogP contribution in [0.3, 0.4) is 0 Å². The van der Waals surface area contributed by atoms with Crippen LogP contribution < -0.4 is 14.8 Å². The lowest BCUT2D eigenvalue weighted by Gasteiger charge is -2.28. The summed E-state index contributed by atoms with van der Waals surface area (Å²) in [5.41, 5.74) is 2.64. The van der Waals surface area contributed by atoms with Crippen molar-refractivity contribution in [3.05, 3.63) is 89.5 Å². The summed E-state index contributed by atoms with van der Waals surface area (Å²) in [4.78, 5) is 42.8. The van der Waals surface area contributed by atoms with Crippen molar-refractivity contribution in [1.82, 2.24) is 4.90 Å². The van der Waals surface area contributed by atoms with E-state index in [-0.39, 0.29) is 23.8 Å². The van der Waals surface area contributed by atoms with Gasteiger partial charge in [-0.05, 0) is 72.0 Å². The van der Waals surface area contributed by atoms with E-state index in [0.717, 1.165) is 16.0 Å². The molecule has 1 unspecified atom stereocenters. The highest BCUT2D eigenvalue weighted by molar-refractivity contribution is 7.89. The summed E-state index contributed by atoms with van der Waals surface area (Å²) in [7, 11) is -2.31. The maximum Gasteiger partial charge on any atom is 0.257 e. The highest BCUT2D eigenvalue weighted by Crippen LogP contribution is 2.29. The van der Waals surface area contributed by atoms with Crippen LogP contribution in [0.1, 0.15) is 47.7 Å². The summed E-state index contributed by atoms with van der Waals surface area (Å²) in [5.74, 6) is -0.373. The molecule has 3 amide bonds. The van der Waals surface area contributed by atoms with Crippen LogP contribution in [0.2, 0.25) is 0 Å². The highest BCUT2D eigenvalue weighted by atomic mass is 32.2. The quantitative estimate of drug-likeness (QED) is 0.407. The topological polar surface area (TPSA) is 127 Å². The number of benzene rings is 3. The largest absolute Gasteiger partial charge is 0.497 e. The van der Waals surface area contributed by atoms with E-state index in [1.54, 1.807) is 48.5 Å². The number of methoxy groups -OCH3 is 1. The van der Waals surface area contributed by atoms with Gasteiger partial charge in [-0.15, -0.1) is 0 Å². The fraction of sp³-hybridized carbons (Fsp3) is 0.276. The van der Waals surface area contributed by atoms with Gasteiger partial charge in [0.2, 0.25) is 15.9 Å². The number of anilines is 1. The number of rotatable bonds is 9. The molecule has 1 aliphatic heterocycles. The summed E-state index contributed by atoms with van der Waals surface area (Å²) >= 11 is 0. The van der Waals surface area contributed by atoms with Crippen LogP contribution in [0.15, 0.2) is 77.7 Å². The molecule has 4 rings (SSSR count). The Morgan fingerprint density at radius 3 is 2.15 bits per heavy atom. The standard InChI is InChI=1S/C29H31N3O6S/c1-19(2)21-6-10-23(11-7-21)32-27(33)18-26(29(32)35)31(28(34)22-8-12-24(38-3)13-9-22)17-16-20-4-14-25(15-5-20)39(30,36)37/h4-15,19,26H,16-18H2,1-3H3,(H2,30,36,37). The van der Waals surface area contributed by atoms with Crippen LogP contribution in [-0.2, 0) is 26.0 Å². The minimum absolute atomic E-state index is 0.0203. The second-order valence-electron chi connectivity index (χ2n) is 9.70. The molecule has 0 aromatic heterocycles. The average Bonchev–Trinajstić information content (AvgIpc) is 3.21. The van der Waals surface area contributed by atoms with Gasteiger partial charge < -0.3 is 9.64 Å². The third-order valence-corrected chi connectivity index (χ3v) is 7.74. The van der Waals surface area contributed by atoms with Crippen LogP contribution in [0.4, 0.5) is 5.69 Å². The van der Waals surface area contributed by atoms with Crippen LogP contribution >= 0.6 is 0 Å². The van der Waals surface area contributed by atoms with E-state index < -0.39 is 27.9 Å². The first kappa shape index (κ1) is 28.0. The molecule has 9 nitrogen and oxygen atoms in total.